The maximum absolute atomic E-state index is 7.79. The summed E-state index contributed by atoms with van der Waals surface area (Å²) in [5.74, 6) is 0.975. The van der Waals surface area contributed by atoms with Gasteiger partial charge in [-0.15, -0.1) is 0 Å². The number of nitrogens with zero attached hydrogens (tertiary/aromatic N) is 2. The van der Waals surface area contributed by atoms with Crippen LogP contribution in [0.5, 0.6) is 0 Å². The highest BCUT2D eigenvalue weighted by Gasteiger charge is 2.50. The summed E-state index contributed by atoms with van der Waals surface area (Å²) < 4.78 is 14.8. The van der Waals surface area contributed by atoms with Crippen molar-refractivity contribution in [2.24, 2.45) is 5.92 Å². The van der Waals surface area contributed by atoms with Crippen LogP contribution in [0.25, 0.3) is 32.9 Å². The Morgan fingerprint density at radius 3 is 1.82 bits per heavy atom. The zero-order valence-electron chi connectivity index (χ0n) is 45.9. The van der Waals surface area contributed by atoms with Crippen LogP contribution in [0.1, 0.15) is 187 Å². The van der Waals surface area contributed by atoms with E-state index in [9.17, 15) is 0 Å². The highest BCUT2D eigenvalue weighted by Crippen LogP contribution is 2.56. The molecule has 0 N–H and O–H groups in total. The summed E-state index contributed by atoms with van der Waals surface area (Å²) in [6, 6.07) is 38.3. The average molecular weight is 951 g/mol. The molecule has 0 radical (unpaired) electrons. The number of fused-ring (bicyclic) bond motifs is 12. The van der Waals surface area contributed by atoms with Crippen molar-refractivity contribution in [3.8, 4) is 0 Å². The van der Waals surface area contributed by atoms with Crippen molar-refractivity contribution in [2.75, 3.05) is 9.80 Å². The normalized spacial score (nSPS) is 20.8. The second-order valence-electron chi connectivity index (χ2n) is 27.8. The molecule has 8 aromatic rings. The van der Waals surface area contributed by atoms with Crippen molar-refractivity contribution < 1.29 is 8.83 Å². The number of rotatable bonds is 3. The van der Waals surface area contributed by atoms with E-state index in [0.29, 0.717) is 11.8 Å². The van der Waals surface area contributed by atoms with Gasteiger partial charge in [0.15, 0.2) is 5.58 Å². The summed E-state index contributed by atoms with van der Waals surface area (Å²) in [5.41, 5.74) is 23.8. The van der Waals surface area contributed by atoms with Crippen LogP contribution in [-0.4, -0.2) is 6.71 Å². The number of hydrogen-bond acceptors (Lipinski definition) is 4. The van der Waals surface area contributed by atoms with Crippen LogP contribution < -0.4 is 26.4 Å². The van der Waals surface area contributed by atoms with E-state index in [2.05, 4.69) is 211 Å². The number of anilines is 6. The van der Waals surface area contributed by atoms with Gasteiger partial charge in [0, 0.05) is 38.9 Å². The summed E-state index contributed by atoms with van der Waals surface area (Å²) in [6.45, 7) is 36.5. The van der Waals surface area contributed by atoms with Crippen molar-refractivity contribution in [3.63, 3.8) is 0 Å². The summed E-state index contributed by atoms with van der Waals surface area (Å²) in [5, 5.41) is 3.50. The lowest BCUT2D eigenvalue weighted by atomic mass is 9.35. The lowest BCUT2D eigenvalue weighted by Crippen LogP contribution is -2.61. The first-order valence-electron chi connectivity index (χ1n) is 27.5. The van der Waals surface area contributed by atoms with Gasteiger partial charge in [-0.25, -0.2) is 0 Å². The molecule has 3 aliphatic carbocycles. The van der Waals surface area contributed by atoms with Crippen LogP contribution in [0.4, 0.5) is 34.1 Å². The lowest BCUT2D eigenvalue weighted by Gasteiger charge is -2.46. The van der Waals surface area contributed by atoms with Crippen LogP contribution in [-0.2, 0) is 32.5 Å². The maximum Gasteiger partial charge on any atom is 0.297 e. The van der Waals surface area contributed by atoms with E-state index in [-0.39, 0.29) is 39.2 Å². The van der Waals surface area contributed by atoms with Crippen LogP contribution in [0.2, 0.25) is 0 Å². The molecule has 72 heavy (non-hydrogen) atoms. The van der Waals surface area contributed by atoms with Gasteiger partial charge >= 0.3 is 0 Å². The number of hydrogen-bond donors (Lipinski definition) is 0. The molecule has 6 aromatic carbocycles. The first-order chi connectivity index (χ1) is 33.9. The summed E-state index contributed by atoms with van der Waals surface area (Å²) in [6.07, 6.45) is 6.99. The van der Waals surface area contributed by atoms with Crippen LogP contribution >= 0.6 is 0 Å². The van der Waals surface area contributed by atoms with Crippen LogP contribution in [0, 0.1) is 5.92 Å². The minimum atomic E-state index is -0.165. The Balaban J connectivity index is 1.20. The Hall–Kier alpha value is -5.68. The SMILES string of the molecule is CC(C)C1CCC(C)(C)c2cc3c(cc21)B1c2oc4cc5c(cc4c2N(c2ccc4c(c2)C(C)(C)CCC4(C)C)c2cc(C(C)(C)C)cc(c21)N3c1cccc2c1oc1ccccc12)C(C)(C)CCC5(C)C. The molecule has 13 rings (SSSR count). The van der Waals surface area contributed by atoms with Gasteiger partial charge < -0.3 is 18.6 Å². The molecule has 2 aromatic heterocycles. The molecular weight excluding hydrogens is 876 g/mol. The van der Waals surface area contributed by atoms with Gasteiger partial charge in [-0.1, -0.05) is 146 Å². The zero-order valence-corrected chi connectivity index (χ0v) is 45.9. The molecule has 0 spiro atoms. The van der Waals surface area contributed by atoms with Crippen LogP contribution in [0.3, 0.4) is 0 Å². The van der Waals surface area contributed by atoms with E-state index < -0.39 is 0 Å². The standard InChI is InChI=1S/C67H75BN2O2/c1-38(2)41-25-26-63(6,7)47-36-53-51(35-44(41)47)68-58-54(31-39(62(3,4)5)32-55(58)70(53)52-21-18-20-43-42-19-16-17-22-56(42)71-60(43)52)69(40-23-24-46-48(33-40)65(10,11)28-27-64(46,8)9)59-45-34-49-50(37-57(45)72-61(59)68)67(14,15)30-29-66(49,12)13/h16-24,31-38,41H,25-30H2,1-15H3. The third-order valence-electron chi connectivity index (χ3n) is 19.4. The molecule has 1 unspecified atom stereocenters. The molecule has 5 heteroatoms. The molecular formula is C67H75BN2O2. The predicted molar refractivity (Wildman–Crippen MR) is 307 cm³/mol. The largest absolute Gasteiger partial charge is 0.468 e. The summed E-state index contributed by atoms with van der Waals surface area (Å²) >= 11 is 0. The van der Waals surface area contributed by atoms with Gasteiger partial charge in [0.2, 0.25) is 0 Å². The van der Waals surface area contributed by atoms with E-state index >= 15 is 0 Å². The smallest absolute Gasteiger partial charge is 0.297 e. The second kappa shape index (κ2) is 14.8. The molecule has 2 aliphatic heterocycles. The minimum absolute atomic E-state index is 0.00679. The van der Waals surface area contributed by atoms with Gasteiger partial charge in [0.1, 0.15) is 11.2 Å². The molecule has 0 amide bonds. The molecule has 4 heterocycles. The van der Waals surface area contributed by atoms with E-state index in [1.165, 1.54) is 96.5 Å². The Morgan fingerprint density at radius 2 is 1.14 bits per heavy atom. The molecule has 0 bridgehead atoms. The summed E-state index contributed by atoms with van der Waals surface area (Å²) in [7, 11) is 0. The van der Waals surface area contributed by atoms with Gasteiger partial charge in [-0.2, -0.15) is 0 Å². The topological polar surface area (TPSA) is 32.8 Å². The Labute approximate surface area is 429 Å². The molecule has 4 nitrogen and oxygen atoms in total. The van der Waals surface area contributed by atoms with E-state index in [1.807, 2.05) is 0 Å². The molecule has 368 valence electrons. The number of para-hydroxylation sites is 2. The Kier molecular flexibility index (Phi) is 9.46. The lowest BCUT2D eigenvalue weighted by molar-refractivity contribution is 0.332. The average Bonchev–Trinajstić information content (AvgIpc) is 3.89. The van der Waals surface area contributed by atoms with Crippen molar-refractivity contribution in [2.45, 2.75) is 181 Å². The van der Waals surface area contributed by atoms with Gasteiger partial charge in [-0.3, -0.25) is 0 Å². The fourth-order valence-corrected chi connectivity index (χ4v) is 14.6. The fourth-order valence-electron chi connectivity index (χ4n) is 14.6. The second-order valence-corrected chi connectivity index (χ2v) is 27.8. The number of furan rings is 2. The third kappa shape index (κ3) is 6.43. The van der Waals surface area contributed by atoms with Gasteiger partial charge in [0.25, 0.3) is 6.71 Å². The molecule has 1 atom stereocenters. The maximum atomic E-state index is 7.79. The van der Waals surface area contributed by atoms with E-state index in [1.54, 1.807) is 0 Å². The first-order valence-corrected chi connectivity index (χ1v) is 27.5. The Bertz CT molecular complexity index is 3620. The van der Waals surface area contributed by atoms with Gasteiger partial charge in [0.05, 0.1) is 17.0 Å². The summed E-state index contributed by atoms with van der Waals surface area (Å²) in [4.78, 5) is 5.29. The molecule has 5 aliphatic rings. The molecule has 0 fully saturated rings. The Morgan fingerprint density at radius 1 is 0.528 bits per heavy atom. The van der Waals surface area contributed by atoms with E-state index in [4.69, 9.17) is 8.83 Å². The quantitative estimate of drug-likeness (QED) is 0.165. The fraction of sp³-hybridized carbons (Fsp3) is 0.433. The minimum Gasteiger partial charge on any atom is -0.468 e. The first kappa shape index (κ1) is 46.1. The molecule has 0 saturated heterocycles. The van der Waals surface area contributed by atoms with Gasteiger partial charge in [-0.05, 0) is 187 Å². The van der Waals surface area contributed by atoms with Crippen LogP contribution in [0.15, 0.2) is 106 Å². The third-order valence-corrected chi connectivity index (χ3v) is 19.4. The highest BCUT2D eigenvalue weighted by molar-refractivity contribution is 7.00. The predicted octanol–water partition coefficient (Wildman–Crippen LogP) is 17.2. The van der Waals surface area contributed by atoms with E-state index in [0.717, 1.165) is 64.6 Å². The number of benzene rings is 6. The molecule has 0 saturated carbocycles. The van der Waals surface area contributed by atoms with Crippen molar-refractivity contribution in [1.82, 2.24) is 0 Å². The zero-order chi connectivity index (χ0) is 50.6. The highest BCUT2D eigenvalue weighted by atomic mass is 16.3. The van der Waals surface area contributed by atoms with Crippen molar-refractivity contribution >= 4 is 90.3 Å². The monoisotopic (exact) mass is 951 g/mol. The van der Waals surface area contributed by atoms with Crippen molar-refractivity contribution in [1.29, 1.82) is 0 Å². The van der Waals surface area contributed by atoms with Crippen molar-refractivity contribution in [3.05, 3.63) is 136 Å².